The first kappa shape index (κ1) is 20.8. The zero-order valence-corrected chi connectivity index (χ0v) is 18.3. The Kier molecular flexibility index (Phi) is 5.63. The second-order valence-electron chi connectivity index (χ2n) is 8.74. The van der Waals surface area contributed by atoms with Crippen LogP contribution in [-0.4, -0.2) is 31.2 Å². The summed E-state index contributed by atoms with van der Waals surface area (Å²) < 4.78 is 7.26. The first-order chi connectivity index (χ1) is 14.8. The number of nitrogens with zero attached hydrogens (tertiary/aromatic N) is 4. The largest absolute Gasteiger partial charge is 0.444 e. The van der Waals surface area contributed by atoms with Gasteiger partial charge in [-0.25, -0.2) is 14.8 Å². The molecule has 31 heavy (non-hydrogen) atoms. The van der Waals surface area contributed by atoms with Crippen LogP contribution in [-0.2, 0) is 11.2 Å². The molecule has 1 aliphatic carbocycles. The maximum Gasteiger partial charge on any atom is 0.412 e. The predicted molar refractivity (Wildman–Crippen MR) is 119 cm³/mol. The van der Waals surface area contributed by atoms with E-state index < -0.39 is 11.7 Å². The van der Waals surface area contributed by atoms with Crippen LogP contribution < -0.4 is 10.6 Å². The molecule has 8 heteroatoms. The molecule has 0 fully saturated rings. The summed E-state index contributed by atoms with van der Waals surface area (Å²) in [6, 6.07) is 6.15. The second kappa shape index (κ2) is 8.37. The zero-order valence-electron chi connectivity index (χ0n) is 18.3. The van der Waals surface area contributed by atoms with Gasteiger partial charge in [0.15, 0.2) is 5.82 Å². The molecule has 1 atom stereocenters. The molecule has 4 rings (SSSR count). The van der Waals surface area contributed by atoms with Crippen molar-refractivity contribution in [2.24, 2.45) is 0 Å². The minimum Gasteiger partial charge on any atom is -0.444 e. The summed E-state index contributed by atoms with van der Waals surface area (Å²) in [6.45, 7) is 7.48. The van der Waals surface area contributed by atoms with Crippen LogP contribution in [0.25, 0.3) is 5.82 Å². The third kappa shape index (κ3) is 5.02. The topological polar surface area (TPSA) is 94.0 Å². The van der Waals surface area contributed by atoms with E-state index in [4.69, 9.17) is 9.72 Å². The van der Waals surface area contributed by atoms with Gasteiger partial charge in [-0.05, 0) is 70.2 Å². The van der Waals surface area contributed by atoms with Crippen LogP contribution in [0.3, 0.4) is 0 Å². The summed E-state index contributed by atoms with van der Waals surface area (Å²) in [5, 5.41) is 6.36. The number of imidazole rings is 1. The molecule has 1 unspecified atom stereocenters. The number of hydrogen-bond acceptors (Lipinski definition) is 6. The second-order valence-corrected chi connectivity index (χ2v) is 8.74. The fraction of sp³-hybridized carbons (Fsp3) is 0.391. The average Bonchev–Trinajstić information content (AvgIpc) is 3.13. The van der Waals surface area contributed by atoms with E-state index in [1.54, 1.807) is 18.6 Å². The third-order valence-electron chi connectivity index (χ3n) is 5.12. The summed E-state index contributed by atoms with van der Waals surface area (Å²) in [7, 11) is 0. The molecule has 0 saturated heterocycles. The first-order valence-electron chi connectivity index (χ1n) is 10.5. The van der Waals surface area contributed by atoms with Gasteiger partial charge in [0.1, 0.15) is 17.2 Å². The van der Waals surface area contributed by atoms with Crippen molar-refractivity contribution in [3.05, 3.63) is 59.9 Å². The Hall–Kier alpha value is -3.42. The van der Waals surface area contributed by atoms with Gasteiger partial charge in [0.2, 0.25) is 0 Å². The minimum absolute atomic E-state index is 0.132. The number of amides is 1. The number of nitrogens with one attached hydrogen (secondary N) is 2. The molecule has 0 bridgehead atoms. The molecule has 2 N–H and O–H groups in total. The normalized spacial score (nSPS) is 15.8. The lowest BCUT2D eigenvalue weighted by Gasteiger charge is -2.27. The zero-order chi connectivity index (χ0) is 22.0. The molecule has 162 valence electrons. The van der Waals surface area contributed by atoms with Crippen molar-refractivity contribution in [2.75, 3.05) is 10.6 Å². The van der Waals surface area contributed by atoms with Crippen LogP contribution in [0.5, 0.6) is 0 Å². The predicted octanol–water partition coefficient (Wildman–Crippen LogP) is 4.81. The Bertz CT molecular complexity index is 1090. The molecule has 1 amide bonds. The first-order valence-corrected chi connectivity index (χ1v) is 10.5. The van der Waals surface area contributed by atoms with E-state index in [0.717, 1.165) is 42.4 Å². The minimum atomic E-state index is -0.530. The Morgan fingerprint density at radius 3 is 2.84 bits per heavy atom. The summed E-state index contributed by atoms with van der Waals surface area (Å²) >= 11 is 0. The lowest BCUT2D eigenvalue weighted by Crippen LogP contribution is -2.27. The smallest absolute Gasteiger partial charge is 0.412 e. The lowest BCUT2D eigenvalue weighted by atomic mass is 9.87. The van der Waals surface area contributed by atoms with Crippen molar-refractivity contribution >= 4 is 17.6 Å². The highest BCUT2D eigenvalue weighted by molar-refractivity contribution is 5.85. The average molecular weight is 421 g/mol. The van der Waals surface area contributed by atoms with Crippen molar-refractivity contribution in [1.82, 2.24) is 19.5 Å². The van der Waals surface area contributed by atoms with Gasteiger partial charge in [0.05, 0.1) is 18.4 Å². The van der Waals surface area contributed by atoms with Crippen LogP contribution in [0.2, 0.25) is 0 Å². The van der Waals surface area contributed by atoms with Crippen LogP contribution in [0.15, 0.2) is 43.0 Å². The number of anilines is 2. The number of aromatic nitrogens is 4. The van der Waals surface area contributed by atoms with Crippen molar-refractivity contribution in [2.45, 2.75) is 58.6 Å². The van der Waals surface area contributed by atoms with Crippen molar-refractivity contribution in [3.63, 3.8) is 0 Å². The van der Waals surface area contributed by atoms with Crippen LogP contribution in [0, 0.1) is 6.92 Å². The van der Waals surface area contributed by atoms with Crippen LogP contribution in [0.1, 0.15) is 56.6 Å². The van der Waals surface area contributed by atoms with E-state index >= 15 is 0 Å². The Morgan fingerprint density at radius 2 is 2.10 bits per heavy atom. The number of carbonyl (C=O) groups is 1. The summed E-state index contributed by atoms with van der Waals surface area (Å²) in [5.74, 6) is 2.31. The number of benzene rings is 1. The van der Waals surface area contributed by atoms with E-state index in [2.05, 4.69) is 26.7 Å². The maximum atomic E-state index is 12.1. The molecule has 0 radical (unpaired) electrons. The maximum absolute atomic E-state index is 12.1. The molecule has 2 aromatic heterocycles. The Labute approximate surface area is 182 Å². The van der Waals surface area contributed by atoms with Gasteiger partial charge in [0.25, 0.3) is 0 Å². The number of carbonyl (C=O) groups excluding carboxylic acids is 1. The molecule has 1 aliphatic rings. The highest BCUT2D eigenvalue weighted by atomic mass is 16.6. The lowest BCUT2D eigenvalue weighted by molar-refractivity contribution is 0.0636. The van der Waals surface area contributed by atoms with Gasteiger partial charge in [0, 0.05) is 18.1 Å². The molecule has 8 nitrogen and oxygen atoms in total. The fourth-order valence-electron chi connectivity index (χ4n) is 3.80. The van der Waals surface area contributed by atoms with Gasteiger partial charge in [-0.3, -0.25) is 14.9 Å². The van der Waals surface area contributed by atoms with E-state index in [1.165, 1.54) is 11.1 Å². The molecular formula is C23H28N6O2. The number of hydrogen-bond donors (Lipinski definition) is 2. The molecule has 1 aromatic carbocycles. The highest BCUT2D eigenvalue weighted by Gasteiger charge is 2.22. The number of ether oxygens (including phenoxy) is 1. The van der Waals surface area contributed by atoms with Gasteiger partial charge in [-0.15, -0.1) is 0 Å². The number of aryl methyl sites for hydroxylation is 2. The van der Waals surface area contributed by atoms with Crippen LogP contribution >= 0.6 is 0 Å². The number of fused-ring (bicyclic) bond motifs is 1. The summed E-state index contributed by atoms with van der Waals surface area (Å²) in [5.41, 5.74) is 2.64. The van der Waals surface area contributed by atoms with Gasteiger partial charge < -0.3 is 10.1 Å². The van der Waals surface area contributed by atoms with Gasteiger partial charge in [-0.2, -0.15) is 0 Å². The molecule has 0 aliphatic heterocycles. The van der Waals surface area contributed by atoms with E-state index in [0.29, 0.717) is 0 Å². The fourth-order valence-corrected chi connectivity index (χ4v) is 3.80. The number of rotatable bonds is 4. The Balaban J connectivity index is 1.50. The molecule has 0 saturated carbocycles. The van der Waals surface area contributed by atoms with E-state index in [9.17, 15) is 4.79 Å². The van der Waals surface area contributed by atoms with Gasteiger partial charge in [-0.1, -0.05) is 6.07 Å². The van der Waals surface area contributed by atoms with Crippen LogP contribution in [0.4, 0.5) is 16.3 Å². The van der Waals surface area contributed by atoms with Gasteiger partial charge >= 0.3 is 6.09 Å². The quantitative estimate of drug-likeness (QED) is 0.629. The summed E-state index contributed by atoms with van der Waals surface area (Å²) in [4.78, 5) is 25.4. The SMILES string of the molecule is Cc1nccn1-c1cncc(NC2CCCc3cc(NC(=O)OC(C)(C)C)ccc32)n1. The van der Waals surface area contributed by atoms with Crippen molar-refractivity contribution < 1.29 is 9.53 Å². The standard InChI is InChI=1S/C23H28N6O2/c1-15-25-10-11-29(15)21-14-24-13-20(28-21)27-19-7-5-6-16-12-17(8-9-18(16)19)26-22(30)31-23(2,3)4/h8-14,19H,5-7H2,1-4H3,(H,26,30)(H,27,28). The summed E-state index contributed by atoms with van der Waals surface area (Å²) in [6.07, 6.45) is 9.66. The van der Waals surface area contributed by atoms with E-state index in [-0.39, 0.29) is 6.04 Å². The monoisotopic (exact) mass is 420 g/mol. The van der Waals surface area contributed by atoms with Crippen molar-refractivity contribution in [1.29, 1.82) is 0 Å². The Morgan fingerprint density at radius 1 is 1.26 bits per heavy atom. The molecule has 3 aromatic rings. The third-order valence-corrected chi connectivity index (χ3v) is 5.12. The van der Waals surface area contributed by atoms with E-state index in [1.807, 2.05) is 50.6 Å². The molecule has 2 heterocycles. The molecule has 0 spiro atoms. The molecular weight excluding hydrogens is 392 g/mol. The highest BCUT2D eigenvalue weighted by Crippen LogP contribution is 2.34. The van der Waals surface area contributed by atoms with Crippen molar-refractivity contribution in [3.8, 4) is 5.82 Å².